The number of rotatable bonds is 2. The fourth-order valence-electron chi connectivity index (χ4n) is 2.85. The summed E-state index contributed by atoms with van der Waals surface area (Å²) in [7, 11) is 0. The van der Waals surface area contributed by atoms with E-state index in [9.17, 15) is 0 Å². The van der Waals surface area contributed by atoms with Crippen molar-refractivity contribution < 1.29 is 0 Å². The zero-order chi connectivity index (χ0) is 15.2. The number of benzene rings is 2. The van der Waals surface area contributed by atoms with Gasteiger partial charge in [-0.2, -0.15) is 0 Å². The second-order valence-electron chi connectivity index (χ2n) is 5.29. The lowest BCUT2D eigenvalue weighted by Crippen LogP contribution is -2.29. The molecule has 0 N–H and O–H groups in total. The van der Waals surface area contributed by atoms with Gasteiger partial charge in [-0.05, 0) is 17.3 Å². The minimum Gasteiger partial charge on any atom is -0.252 e. The van der Waals surface area contributed by atoms with Crippen molar-refractivity contribution in [2.45, 2.75) is 10.5 Å². The zero-order valence-electron chi connectivity index (χ0n) is 12.0. The molecular formula is C17H12N4S2. The van der Waals surface area contributed by atoms with Crippen molar-refractivity contribution in [2.24, 2.45) is 0 Å². The molecule has 3 aromatic rings. The molecule has 5 rings (SSSR count). The average molecular weight is 336 g/mol. The van der Waals surface area contributed by atoms with Gasteiger partial charge in [0.05, 0.1) is 0 Å². The van der Waals surface area contributed by atoms with Crippen LogP contribution in [-0.2, 0) is 0 Å². The molecule has 0 spiro atoms. The van der Waals surface area contributed by atoms with Gasteiger partial charge >= 0.3 is 0 Å². The Bertz CT molecular complexity index is 889. The first-order chi connectivity index (χ1) is 11.4. The van der Waals surface area contributed by atoms with Gasteiger partial charge in [0.25, 0.3) is 0 Å². The minimum absolute atomic E-state index is 0.221. The van der Waals surface area contributed by atoms with E-state index in [1.54, 1.807) is 11.8 Å². The average Bonchev–Trinajstić information content (AvgIpc) is 3.27. The molecule has 23 heavy (non-hydrogen) atoms. The quantitative estimate of drug-likeness (QED) is 0.699. The third-order valence-electron chi connectivity index (χ3n) is 3.89. The lowest BCUT2D eigenvalue weighted by Gasteiger charge is -2.25. The summed E-state index contributed by atoms with van der Waals surface area (Å²) in [5, 5.41) is 15.6. The van der Waals surface area contributed by atoms with E-state index in [4.69, 9.17) is 0 Å². The molecule has 0 aliphatic carbocycles. The van der Waals surface area contributed by atoms with Crippen molar-refractivity contribution >= 4 is 23.5 Å². The van der Waals surface area contributed by atoms with Gasteiger partial charge in [-0.3, -0.25) is 5.01 Å². The van der Waals surface area contributed by atoms with E-state index < -0.39 is 0 Å². The molecule has 4 nitrogen and oxygen atoms in total. The molecule has 2 aliphatic heterocycles. The molecule has 1 atom stereocenters. The van der Waals surface area contributed by atoms with Crippen LogP contribution in [0.2, 0.25) is 0 Å². The maximum atomic E-state index is 4.41. The van der Waals surface area contributed by atoms with Crippen LogP contribution in [-0.4, -0.2) is 14.9 Å². The summed E-state index contributed by atoms with van der Waals surface area (Å²) < 4.78 is 2.14. The van der Waals surface area contributed by atoms with Crippen molar-refractivity contribution in [3.63, 3.8) is 0 Å². The fourth-order valence-corrected chi connectivity index (χ4v) is 5.07. The number of hydrogen-bond acceptors (Lipinski definition) is 5. The predicted octanol–water partition coefficient (Wildman–Crippen LogP) is 4.23. The highest BCUT2D eigenvalue weighted by Gasteiger charge is 2.39. The van der Waals surface area contributed by atoms with Crippen LogP contribution in [0.3, 0.4) is 0 Å². The number of aromatic nitrogens is 3. The van der Waals surface area contributed by atoms with Crippen LogP contribution in [0.25, 0.3) is 11.4 Å². The summed E-state index contributed by atoms with van der Waals surface area (Å²) >= 11 is 3.50. The van der Waals surface area contributed by atoms with Crippen LogP contribution in [0.1, 0.15) is 10.9 Å². The Morgan fingerprint density at radius 1 is 0.870 bits per heavy atom. The molecule has 0 saturated heterocycles. The van der Waals surface area contributed by atoms with Crippen molar-refractivity contribution in [3.05, 3.63) is 76.7 Å². The Hall–Kier alpha value is -2.18. The number of nitrogens with zero attached hydrogens (tertiary/aromatic N) is 4. The van der Waals surface area contributed by atoms with E-state index >= 15 is 0 Å². The van der Waals surface area contributed by atoms with Gasteiger partial charge in [-0.25, -0.2) is 4.68 Å². The third-order valence-corrected chi connectivity index (χ3v) is 6.08. The van der Waals surface area contributed by atoms with Crippen LogP contribution in [0, 0.1) is 0 Å². The van der Waals surface area contributed by atoms with E-state index in [1.165, 1.54) is 10.6 Å². The van der Waals surface area contributed by atoms with Gasteiger partial charge in [0.15, 0.2) is 5.82 Å². The van der Waals surface area contributed by atoms with Crippen LogP contribution >= 0.6 is 23.5 Å². The Labute approximate surface area is 142 Å². The SMILES string of the molecule is C1=C2Sc3nnc(-c4ccccc4)n3N2C(c2ccccc2)S1. The van der Waals surface area contributed by atoms with E-state index in [2.05, 4.69) is 67.8 Å². The first-order valence-electron chi connectivity index (χ1n) is 7.30. The normalized spacial score (nSPS) is 18.7. The molecule has 1 aromatic heterocycles. The number of thioether (sulfide) groups is 2. The van der Waals surface area contributed by atoms with E-state index in [0.717, 1.165) is 16.5 Å². The Kier molecular flexibility index (Phi) is 2.99. The fraction of sp³-hybridized carbons (Fsp3) is 0.0588. The third kappa shape index (κ3) is 2.02. The summed E-state index contributed by atoms with van der Waals surface area (Å²) in [6, 6.07) is 20.8. The van der Waals surface area contributed by atoms with Crippen LogP contribution in [0.4, 0.5) is 0 Å². The van der Waals surface area contributed by atoms with Crippen LogP contribution in [0.5, 0.6) is 0 Å². The van der Waals surface area contributed by atoms with Gasteiger partial charge in [0.1, 0.15) is 10.4 Å². The summed E-state index contributed by atoms with van der Waals surface area (Å²) in [4.78, 5) is 0. The maximum absolute atomic E-state index is 4.41. The second kappa shape index (κ2) is 5.18. The second-order valence-corrected chi connectivity index (χ2v) is 7.23. The summed E-state index contributed by atoms with van der Waals surface area (Å²) in [5.41, 5.74) is 2.36. The molecule has 112 valence electrons. The highest BCUT2D eigenvalue weighted by Crippen LogP contribution is 2.51. The topological polar surface area (TPSA) is 34.0 Å². The lowest BCUT2D eigenvalue weighted by molar-refractivity contribution is 0.639. The maximum Gasteiger partial charge on any atom is 0.217 e. The Morgan fingerprint density at radius 2 is 1.61 bits per heavy atom. The molecular weight excluding hydrogens is 324 g/mol. The van der Waals surface area contributed by atoms with Gasteiger partial charge in [-0.15, -0.1) is 10.2 Å². The molecule has 2 aromatic carbocycles. The summed E-state index contributed by atoms with van der Waals surface area (Å²) in [6.07, 6.45) is 0. The monoisotopic (exact) mass is 336 g/mol. The van der Waals surface area contributed by atoms with Crippen molar-refractivity contribution in [1.29, 1.82) is 0 Å². The highest BCUT2D eigenvalue weighted by molar-refractivity contribution is 8.07. The standard InChI is InChI=1S/C17H12N4S2/c1-3-7-12(8-4-1)15-18-19-17-21(15)20-14(23-17)11-22-16(20)13-9-5-2-6-10-13/h1-11,16H. The molecule has 0 radical (unpaired) electrons. The van der Waals surface area contributed by atoms with Gasteiger partial charge < -0.3 is 0 Å². The van der Waals surface area contributed by atoms with Crippen molar-refractivity contribution in [2.75, 3.05) is 5.01 Å². The number of fused-ring (bicyclic) bond motifs is 3. The predicted molar refractivity (Wildman–Crippen MR) is 94.4 cm³/mol. The largest absolute Gasteiger partial charge is 0.252 e. The smallest absolute Gasteiger partial charge is 0.217 e. The van der Waals surface area contributed by atoms with E-state index in [-0.39, 0.29) is 5.37 Å². The van der Waals surface area contributed by atoms with Crippen LogP contribution < -0.4 is 5.01 Å². The van der Waals surface area contributed by atoms with Gasteiger partial charge in [-0.1, -0.05) is 72.4 Å². The molecule has 1 unspecified atom stereocenters. The van der Waals surface area contributed by atoms with E-state index in [0.29, 0.717) is 0 Å². The molecule has 3 heterocycles. The molecule has 2 aliphatic rings. The summed E-state index contributed by atoms with van der Waals surface area (Å²) in [5.74, 6) is 0.889. The molecule has 0 saturated carbocycles. The van der Waals surface area contributed by atoms with Gasteiger partial charge in [0, 0.05) is 11.0 Å². The highest BCUT2D eigenvalue weighted by atomic mass is 32.2. The van der Waals surface area contributed by atoms with E-state index in [1.807, 2.05) is 30.0 Å². The molecule has 0 fully saturated rings. The van der Waals surface area contributed by atoms with Crippen molar-refractivity contribution in [3.8, 4) is 11.4 Å². The Morgan fingerprint density at radius 3 is 2.39 bits per heavy atom. The van der Waals surface area contributed by atoms with Crippen LogP contribution in [0.15, 0.2) is 76.3 Å². The first kappa shape index (κ1) is 13.3. The van der Waals surface area contributed by atoms with Gasteiger partial charge in [0.2, 0.25) is 5.16 Å². The minimum atomic E-state index is 0.221. The number of hydrogen-bond donors (Lipinski definition) is 0. The molecule has 0 amide bonds. The zero-order valence-corrected chi connectivity index (χ0v) is 13.7. The summed E-state index contributed by atoms with van der Waals surface area (Å²) in [6.45, 7) is 0. The Balaban J connectivity index is 1.63. The first-order valence-corrected chi connectivity index (χ1v) is 9.06. The molecule has 0 bridgehead atoms. The lowest BCUT2D eigenvalue weighted by atomic mass is 10.2. The molecule has 6 heteroatoms. The van der Waals surface area contributed by atoms with Crippen molar-refractivity contribution in [1.82, 2.24) is 14.9 Å².